The van der Waals surface area contributed by atoms with Gasteiger partial charge in [0.15, 0.2) is 0 Å². The van der Waals surface area contributed by atoms with Crippen LogP contribution in [0, 0.1) is 10.8 Å². The molecule has 0 bridgehead atoms. The Labute approximate surface area is 254 Å². The van der Waals surface area contributed by atoms with Crippen molar-refractivity contribution in [1.29, 1.82) is 10.8 Å². The van der Waals surface area contributed by atoms with Crippen LogP contribution in [0.2, 0.25) is 0 Å². The lowest BCUT2D eigenvalue weighted by Gasteiger charge is -2.29. The number of ether oxygens (including phenoxy) is 2. The van der Waals surface area contributed by atoms with Crippen LogP contribution in [0.4, 0.5) is 10.5 Å². The average Bonchev–Trinajstić information content (AvgIpc) is 2.97. The highest BCUT2D eigenvalue weighted by Crippen LogP contribution is 2.15. The summed E-state index contributed by atoms with van der Waals surface area (Å²) in [6.07, 6.45) is 4.85. The lowest BCUT2D eigenvalue weighted by molar-refractivity contribution is 0.0337. The molecule has 0 unspecified atom stereocenters. The number of anilines is 1. The zero-order valence-electron chi connectivity index (χ0n) is 26.6. The van der Waals surface area contributed by atoms with E-state index >= 15 is 0 Å². The van der Waals surface area contributed by atoms with Crippen molar-refractivity contribution in [2.45, 2.75) is 86.2 Å². The van der Waals surface area contributed by atoms with Crippen LogP contribution >= 0.6 is 0 Å². The van der Waals surface area contributed by atoms with Crippen LogP contribution in [-0.4, -0.2) is 65.5 Å². The third-order valence-corrected chi connectivity index (χ3v) is 5.80. The molecule has 1 saturated heterocycles. The summed E-state index contributed by atoms with van der Waals surface area (Å²) in [6.45, 7) is 16.7. The molecule has 9 heteroatoms. The van der Waals surface area contributed by atoms with Crippen molar-refractivity contribution >= 4 is 29.6 Å². The minimum Gasteiger partial charge on any atom is -0.443 e. The van der Waals surface area contributed by atoms with E-state index in [1.54, 1.807) is 69.3 Å². The topological polar surface area (TPSA) is 119 Å². The zero-order chi connectivity index (χ0) is 31.5. The maximum absolute atomic E-state index is 12.8. The van der Waals surface area contributed by atoms with Crippen LogP contribution in [0.5, 0.6) is 0 Å². The fourth-order valence-corrected chi connectivity index (χ4v) is 3.94. The largest absolute Gasteiger partial charge is 0.443 e. The van der Waals surface area contributed by atoms with Crippen molar-refractivity contribution in [2.75, 3.05) is 31.5 Å². The molecule has 42 heavy (non-hydrogen) atoms. The van der Waals surface area contributed by atoms with Crippen molar-refractivity contribution in [2.24, 2.45) is 0 Å². The minimum atomic E-state index is -0.726. The number of piperidine rings is 1. The first kappa shape index (κ1) is 36.3. The average molecular weight is 584 g/mol. The lowest BCUT2D eigenvalue weighted by atomic mass is 10.1. The SMILES string of the molecule is CC.CC(C)(C)OC(=O)N(CCCN1CCCCC1)C(=N)OC(=N)c1ccc(NC(=O)c2ccccc2)cc1.CCC.[HH]. The van der Waals surface area contributed by atoms with Gasteiger partial charge in [0.25, 0.3) is 5.91 Å². The lowest BCUT2D eigenvalue weighted by Crippen LogP contribution is -2.43. The Morgan fingerprint density at radius 3 is 2.05 bits per heavy atom. The van der Waals surface area contributed by atoms with E-state index in [1.165, 1.54) is 25.7 Å². The highest BCUT2D eigenvalue weighted by Gasteiger charge is 2.27. The second-order valence-electron chi connectivity index (χ2n) is 10.7. The van der Waals surface area contributed by atoms with E-state index in [0.29, 0.717) is 23.2 Å². The second-order valence-corrected chi connectivity index (χ2v) is 10.7. The summed E-state index contributed by atoms with van der Waals surface area (Å²) in [6, 6.07) is 15.0. The van der Waals surface area contributed by atoms with Gasteiger partial charge in [-0.05, 0) is 96.1 Å². The van der Waals surface area contributed by atoms with Crippen LogP contribution in [0.3, 0.4) is 0 Å². The fourth-order valence-electron chi connectivity index (χ4n) is 3.94. The molecule has 0 aliphatic carbocycles. The third kappa shape index (κ3) is 13.8. The van der Waals surface area contributed by atoms with E-state index in [4.69, 9.17) is 20.3 Å². The molecule has 1 fully saturated rings. The molecule has 0 radical (unpaired) electrons. The number of amides is 2. The standard InChI is InChI=1S/C28H37N5O4.C3H8.C2H6.H2/c1-28(2,3)37-27(35)33(20-10-19-32-17-8-5-9-18-32)26(30)36-24(29)21-13-15-23(16-14-21)31-25(34)22-11-6-4-7-12-22;1-3-2;1-2;/h4,6-7,11-16,29-30H,5,8-10,17-20H2,1-3H3,(H,31,34);3H2,1-2H3;1-2H3;1H. The maximum atomic E-state index is 12.8. The molecule has 3 N–H and O–H groups in total. The number of amidine groups is 1. The molecule has 2 aromatic carbocycles. The van der Waals surface area contributed by atoms with E-state index < -0.39 is 17.7 Å². The molecule has 0 spiro atoms. The first-order chi connectivity index (χ1) is 20.0. The number of carbonyl (C=O) groups is 2. The molecule has 0 atom stereocenters. The summed E-state index contributed by atoms with van der Waals surface area (Å²) < 4.78 is 10.9. The number of rotatable bonds is 7. The number of benzene rings is 2. The molecule has 2 aromatic rings. The number of carbonyl (C=O) groups excluding carboxylic acids is 2. The number of nitrogens with zero attached hydrogens (tertiary/aromatic N) is 2. The fraction of sp³-hybridized carbons (Fsp3) is 0.515. The van der Waals surface area contributed by atoms with Crippen molar-refractivity contribution < 1.29 is 20.5 Å². The van der Waals surface area contributed by atoms with Crippen LogP contribution in [-0.2, 0) is 9.47 Å². The third-order valence-electron chi connectivity index (χ3n) is 5.80. The van der Waals surface area contributed by atoms with Crippen LogP contribution in [0.15, 0.2) is 54.6 Å². The molecule has 0 saturated carbocycles. The Hall–Kier alpha value is -3.72. The molecule has 1 heterocycles. The van der Waals surface area contributed by atoms with Gasteiger partial charge in [0.2, 0.25) is 5.90 Å². The molecule has 0 aromatic heterocycles. The monoisotopic (exact) mass is 583 g/mol. The van der Waals surface area contributed by atoms with E-state index in [2.05, 4.69) is 24.1 Å². The first-order valence-electron chi connectivity index (χ1n) is 15.1. The number of likely N-dealkylation sites (tertiary alicyclic amines) is 1. The number of nitrogens with one attached hydrogen (secondary N) is 3. The predicted molar refractivity (Wildman–Crippen MR) is 174 cm³/mol. The summed E-state index contributed by atoms with van der Waals surface area (Å²) in [5.41, 5.74) is 0.780. The number of hydrogen-bond donors (Lipinski definition) is 3. The molecule has 2 amide bonds. The highest BCUT2D eigenvalue weighted by atomic mass is 16.6. The van der Waals surface area contributed by atoms with Crippen LogP contribution in [0.25, 0.3) is 0 Å². The van der Waals surface area contributed by atoms with Gasteiger partial charge in [0, 0.05) is 24.8 Å². The highest BCUT2D eigenvalue weighted by molar-refractivity contribution is 6.05. The second kappa shape index (κ2) is 19.4. The number of hydrogen-bond acceptors (Lipinski definition) is 7. The molecule has 3 rings (SSSR count). The van der Waals surface area contributed by atoms with E-state index in [-0.39, 0.29) is 19.8 Å². The summed E-state index contributed by atoms with van der Waals surface area (Å²) >= 11 is 0. The zero-order valence-corrected chi connectivity index (χ0v) is 26.6. The Balaban J connectivity index is 0.00000276. The van der Waals surface area contributed by atoms with Crippen LogP contribution < -0.4 is 5.32 Å². The van der Waals surface area contributed by atoms with Crippen molar-refractivity contribution in [3.8, 4) is 0 Å². The first-order valence-corrected chi connectivity index (χ1v) is 15.1. The Morgan fingerprint density at radius 2 is 1.50 bits per heavy atom. The quantitative estimate of drug-likeness (QED) is 0.225. The summed E-state index contributed by atoms with van der Waals surface area (Å²) in [5.74, 6) is -0.519. The van der Waals surface area contributed by atoms with E-state index in [0.717, 1.165) is 24.5 Å². The Bertz CT molecular complexity index is 1100. The molecule has 9 nitrogen and oxygen atoms in total. The van der Waals surface area contributed by atoms with Gasteiger partial charge in [-0.25, -0.2) is 9.69 Å². The van der Waals surface area contributed by atoms with E-state index in [9.17, 15) is 9.59 Å². The van der Waals surface area contributed by atoms with Gasteiger partial charge in [0.05, 0.1) is 0 Å². The normalized spacial score (nSPS) is 12.8. The molecule has 234 valence electrons. The van der Waals surface area contributed by atoms with Crippen molar-refractivity contribution in [3.05, 3.63) is 65.7 Å². The van der Waals surface area contributed by atoms with Gasteiger partial charge >= 0.3 is 12.1 Å². The molecular formula is C33H53N5O4. The van der Waals surface area contributed by atoms with Gasteiger partial charge in [-0.1, -0.05) is 58.7 Å². The summed E-state index contributed by atoms with van der Waals surface area (Å²) in [4.78, 5) is 28.7. The summed E-state index contributed by atoms with van der Waals surface area (Å²) in [5, 5.41) is 19.5. The maximum Gasteiger partial charge on any atom is 0.418 e. The molecular weight excluding hydrogens is 530 g/mol. The van der Waals surface area contributed by atoms with Crippen molar-refractivity contribution in [3.63, 3.8) is 0 Å². The Morgan fingerprint density at radius 1 is 0.929 bits per heavy atom. The van der Waals surface area contributed by atoms with Gasteiger partial charge < -0.3 is 19.7 Å². The minimum absolute atomic E-state index is 0. The van der Waals surface area contributed by atoms with Gasteiger partial charge in [-0.2, -0.15) is 0 Å². The summed E-state index contributed by atoms with van der Waals surface area (Å²) in [7, 11) is 0. The van der Waals surface area contributed by atoms with Crippen molar-refractivity contribution in [1.82, 2.24) is 9.80 Å². The smallest absolute Gasteiger partial charge is 0.418 e. The van der Waals surface area contributed by atoms with Crippen LogP contribution in [0.1, 0.15) is 97.9 Å². The predicted octanol–water partition coefficient (Wildman–Crippen LogP) is 8.02. The molecule has 1 aliphatic rings. The van der Waals surface area contributed by atoms with Gasteiger partial charge in [-0.15, -0.1) is 0 Å². The van der Waals surface area contributed by atoms with Gasteiger partial charge in [-0.3, -0.25) is 15.6 Å². The van der Waals surface area contributed by atoms with E-state index in [1.807, 2.05) is 19.9 Å². The van der Waals surface area contributed by atoms with Gasteiger partial charge in [0.1, 0.15) is 5.60 Å². The Kier molecular flexibility index (Phi) is 16.8. The molecule has 1 aliphatic heterocycles.